The number of nitrogens with zero attached hydrogens (tertiary/aromatic N) is 1. The van der Waals surface area contributed by atoms with Crippen molar-refractivity contribution in [3.63, 3.8) is 0 Å². The number of aromatic nitrogens is 1. The van der Waals surface area contributed by atoms with E-state index >= 15 is 0 Å². The van der Waals surface area contributed by atoms with Crippen LogP contribution in [0, 0.1) is 5.82 Å². The average Bonchev–Trinajstić information content (AvgIpc) is 2.85. The quantitative estimate of drug-likeness (QED) is 0.884. The van der Waals surface area contributed by atoms with Gasteiger partial charge in [0.2, 0.25) is 0 Å². The van der Waals surface area contributed by atoms with Crippen molar-refractivity contribution in [2.45, 2.75) is 49.9 Å². The van der Waals surface area contributed by atoms with Gasteiger partial charge in [0.25, 0.3) is 0 Å². The van der Waals surface area contributed by atoms with Crippen molar-refractivity contribution in [2.24, 2.45) is 0 Å². The lowest BCUT2D eigenvalue weighted by molar-refractivity contribution is 0.423. The van der Waals surface area contributed by atoms with Crippen LogP contribution in [0.1, 0.15) is 44.3 Å². The molecule has 0 aromatic carbocycles. The van der Waals surface area contributed by atoms with Crippen molar-refractivity contribution in [3.05, 3.63) is 29.8 Å². The molecule has 0 radical (unpaired) electrons. The summed E-state index contributed by atoms with van der Waals surface area (Å²) in [7, 11) is 0. The highest BCUT2D eigenvalue weighted by Gasteiger charge is 2.26. The van der Waals surface area contributed by atoms with Gasteiger partial charge in [-0.2, -0.15) is 11.8 Å². The molecule has 100 valence electrons. The summed E-state index contributed by atoms with van der Waals surface area (Å²) in [5.74, 6) is -0.267. The Bertz CT molecular complexity index is 369. The summed E-state index contributed by atoms with van der Waals surface area (Å²) in [5.41, 5.74) is 0.950. The molecule has 2 rings (SSSR count). The van der Waals surface area contributed by atoms with Crippen LogP contribution in [0.4, 0.5) is 4.39 Å². The van der Waals surface area contributed by atoms with Gasteiger partial charge in [-0.05, 0) is 44.1 Å². The first-order valence-electron chi connectivity index (χ1n) is 6.63. The zero-order valence-electron chi connectivity index (χ0n) is 11.0. The Balaban J connectivity index is 1.95. The minimum atomic E-state index is -0.267. The number of hydrogen-bond donors (Lipinski definition) is 1. The third kappa shape index (κ3) is 3.45. The zero-order valence-corrected chi connectivity index (χ0v) is 11.8. The van der Waals surface area contributed by atoms with E-state index in [1.807, 2.05) is 11.8 Å². The highest BCUT2D eigenvalue weighted by atomic mass is 32.2. The van der Waals surface area contributed by atoms with Crippen LogP contribution in [-0.4, -0.2) is 22.5 Å². The summed E-state index contributed by atoms with van der Waals surface area (Å²) in [6, 6.07) is 4.11. The predicted octanol–water partition coefficient (Wildman–Crippen LogP) is 3.55. The van der Waals surface area contributed by atoms with Gasteiger partial charge in [0, 0.05) is 17.3 Å². The Kier molecular flexibility index (Phi) is 5.01. The normalized spacial score (nSPS) is 25.3. The topological polar surface area (TPSA) is 24.9 Å². The highest BCUT2D eigenvalue weighted by molar-refractivity contribution is 7.99. The van der Waals surface area contributed by atoms with Gasteiger partial charge in [0.15, 0.2) is 0 Å². The predicted molar refractivity (Wildman–Crippen MR) is 75.3 cm³/mol. The molecule has 3 atom stereocenters. The second kappa shape index (κ2) is 6.53. The molecule has 1 fully saturated rings. The van der Waals surface area contributed by atoms with E-state index in [0.29, 0.717) is 6.04 Å². The number of halogens is 1. The van der Waals surface area contributed by atoms with E-state index in [1.54, 1.807) is 6.07 Å². The summed E-state index contributed by atoms with van der Waals surface area (Å²) >= 11 is 1.96. The highest BCUT2D eigenvalue weighted by Crippen LogP contribution is 2.30. The van der Waals surface area contributed by atoms with Crippen LogP contribution in [0.5, 0.6) is 0 Å². The van der Waals surface area contributed by atoms with E-state index in [-0.39, 0.29) is 11.9 Å². The Morgan fingerprint density at radius 1 is 1.50 bits per heavy atom. The molecule has 0 saturated heterocycles. The van der Waals surface area contributed by atoms with E-state index < -0.39 is 0 Å². The molecule has 1 heterocycles. The van der Waals surface area contributed by atoms with Crippen molar-refractivity contribution in [1.29, 1.82) is 0 Å². The first kappa shape index (κ1) is 13.8. The first-order chi connectivity index (χ1) is 8.72. The maximum absolute atomic E-state index is 12.9. The van der Waals surface area contributed by atoms with E-state index in [1.165, 1.54) is 31.5 Å². The molecule has 1 aliphatic carbocycles. The Labute approximate surface area is 113 Å². The number of thioether (sulfide) groups is 1. The largest absolute Gasteiger partial charge is 0.306 e. The molecule has 2 nitrogen and oxygen atoms in total. The van der Waals surface area contributed by atoms with E-state index in [2.05, 4.69) is 23.5 Å². The molecule has 1 N–H and O–H groups in total. The molecule has 4 heteroatoms. The third-order valence-corrected chi connectivity index (χ3v) is 4.77. The van der Waals surface area contributed by atoms with E-state index in [9.17, 15) is 4.39 Å². The summed E-state index contributed by atoms with van der Waals surface area (Å²) < 4.78 is 12.9. The standard InChI is InChI=1S/C14H21FN2S/c1-3-13(14-7-4-10(15)9-16-14)17-11-5-6-12(8-11)18-2/h4,7,9,11-13,17H,3,5-6,8H2,1-2H3. The van der Waals surface area contributed by atoms with Crippen LogP contribution in [0.25, 0.3) is 0 Å². The second-order valence-corrected chi connectivity index (χ2v) is 6.03. The third-order valence-electron chi connectivity index (χ3n) is 3.67. The minimum absolute atomic E-state index is 0.246. The van der Waals surface area contributed by atoms with Gasteiger partial charge in [-0.1, -0.05) is 6.92 Å². The molecule has 0 aliphatic heterocycles. The van der Waals surface area contributed by atoms with Crippen LogP contribution in [0.15, 0.2) is 18.3 Å². The summed E-state index contributed by atoms with van der Waals surface area (Å²) in [5, 5.41) is 4.46. The van der Waals surface area contributed by atoms with Gasteiger partial charge >= 0.3 is 0 Å². The Hall–Kier alpha value is -0.610. The molecule has 1 aromatic heterocycles. The van der Waals surface area contributed by atoms with Crippen molar-refractivity contribution in [1.82, 2.24) is 10.3 Å². The maximum atomic E-state index is 12.9. The first-order valence-corrected chi connectivity index (χ1v) is 7.92. The zero-order chi connectivity index (χ0) is 13.0. The van der Waals surface area contributed by atoms with Crippen molar-refractivity contribution in [3.8, 4) is 0 Å². The van der Waals surface area contributed by atoms with Crippen molar-refractivity contribution >= 4 is 11.8 Å². The lowest BCUT2D eigenvalue weighted by Crippen LogP contribution is -2.31. The SMILES string of the molecule is CCC(NC1CCC(SC)C1)c1ccc(F)cn1. The van der Waals surface area contributed by atoms with Crippen LogP contribution >= 0.6 is 11.8 Å². The molecule has 0 bridgehead atoms. The molecular formula is C14H21FN2S. The van der Waals surface area contributed by atoms with Gasteiger partial charge in [-0.25, -0.2) is 4.39 Å². The fourth-order valence-electron chi connectivity index (χ4n) is 2.60. The van der Waals surface area contributed by atoms with E-state index in [0.717, 1.165) is 17.4 Å². The molecule has 3 unspecified atom stereocenters. The number of nitrogens with one attached hydrogen (secondary N) is 1. The second-order valence-electron chi connectivity index (χ2n) is 4.90. The number of hydrogen-bond acceptors (Lipinski definition) is 3. The van der Waals surface area contributed by atoms with Gasteiger partial charge in [-0.3, -0.25) is 4.98 Å². The lowest BCUT2D eigenvalue weighted by atomic mass is 10.1. The molecule has 1 aliphatic rings. The summed E-state index contributed by atoms with van der Waals surface area (Å²) in [4.78, 5) is 4.19. The minimum Gasteiger partial charge on any atom is -0.306 e. The van der Waals surface area contributed by atoms with Crippen LogP contribution in [0.2, 0.25) is 0 Å². The molecule has 0 amide bonds. The summed E-state index contributed by atoms with van der Waals surface area (Å²) in [6.45, 7) is 2.14. The maximum Gasteiger partial charge on any atom is 0.141 e. The number of pyridine rings is 1. The van der Waals surface area contributed by atoms with Crippen LogP contribution in [0.3, 0.4) is 0 Å². The molecule has 1 aromatic rings. The van der Waals surface area contributed by atoms with Crippen molar-refractivity contribution in [2.75, 3.05) is 6.26 Å². The smallest absolute Gasteiger partial charge is 0.141 e. The van der Waals surface area contributed by atoms with Gasteiger partial charge < -0.3 is 5.32 Å². The van der Waals surface area contributed by atoms with Crippen LogP contribution < -0.4 is 5.32 Å². The number of rotatable bonds is 5. The van der Waals surface area contributed by atoms with Gasteiger partial charge in [-0.15, -0.1) is 0 Å². The summed E-state index contributed by atoms with van der Waals surface area (Å²) in [6.07, 6.45) is 8.25. The molecular weight excluding hydrogens is 247 g/mol. The Morgan fingerprint density at radius 3 is 2.89 bits per heavy atom. The monoisotopic (exact) mass is 268 g/mol. The molecule has 0 spiro atoms. The Morgan fingerprint density at radius 2 is 2.33 bits per heavy atom. The molecule has 18 heavy (non-hydrogen) atoms. The van der Waals surface area contributed by atoms with Crippen molar-refractivity contribution < 1.29 is 4.39 Å². The fourth-order valence-corrected chi connectivity index (χ4v) is 3.39. The average molecular weight is 268 g/mol. The molecule has 1 saturated carbocycles. The fraction of sp³-hybridized carbons (Fsp3) is 0.643. The van der Waals surface area contributed by atoms with Gasteiger partial charge in [0.05, 0.1) is 11.9 Å². The van der Waals surface area contributed by atoms with Gasteiger partial charge in [0.1, 0.15) is 5.82 Å². The van der Waals surface area contributed by atoms with Crippen LogP contribution in [-0.2, 0) is 0 Å². The van der Waals surface area contributed by atoms with E-state index in [4.69, 9.17) is 0 Å². The lowest BCUT2D eigenvalue weighted by Gasteiger charge is -2.21.